The molecule has 3 rings (SSSR count). The quantitative estimate of drug-likeness (QED) is 0.827. The summed E-state index contributed by atoms with van der Waals surface area (Å²) in [6, 6.07) is 7.67. The van der Waals surface area contributed by atoms with Crippen molar-refractivity contribution in [1.82, 2.24) is 20.4 Å². The Morgan fingerprint density at radius 1 is 1.25 bits per heavy atom. The number of hydrogen-bond acceptors (Lipinski definition) is 5. The summed E-state index contributed by atoms with van der Waals surface area (Å²) in [4.78, 5) is 31.1. The first-order valence-electron chi connectivity index (χ1n) is 9.90. The number of piperidine rings is 1. The number of carbonyl (C=O) groups excluding carboxylic acids is 2. The van der Waals surface area contributed by atoms with Crippen LogP contribution in [0.25, 0.3) is 0 Å². The van der Waals surface area contributed by atoms with Gasteiger partial charge in [0, 0.05) is 43.5 Å². The van der Waals surface area contributed by atoms with Gasteiger partial charge in [0.05, 0.1) is 0 Å². The van der Waals surface area contributed by atoms with Gasteiger partial charge in [-0.3, -0.25) is 9.59 Å². The molecule has 2 amide bonds. The van der Waals surface area contributed by atoms with E-state index in [0.717, 1.165) is 18.4 Å². The molecule has 0 unspecified atom stereocenters. The van der Waals surface area contributed by atoms with Crippen molar-refractivity contribution in [3.8, 4) is 0 Å². The summed E-state index contributed by atoms with van der Waals surface area (Å²) in [5.41, 5.74) is 1.68. The highest BCUT2D eigenvalue weighted by molar-refractivity contribution is 5.95. The Kier molecular flexibility index (Phi) is 6.44. The van der Waals surface area contributed by atoms with Gasteiger partial charge in [-0.05, 0) is 31.4 Å². The molecule has 1 aliphatic heterocycles. The van der Waals surface area contributed by atoms with E-state index in [1.54, 1.807) is 0 Å². The molecule has 28 heavy (non-hydrogen) atoms. The summed E-state index contributed by atoms with van der Waals surface area (Å²) in [6.07, 6.45) is 2.35. The SMILES string of the molecule is Cc1ccccc1C(=O)NC1CCN(C(=O)CCc2nc(C(C)C)no2)CC1. The van der Waals surface area contributed by atoms with E-state index in [9.17, 15) is 9.59 Å². The summed E-state index contributed by atoms with van der Waals surface area (Å²) in [5, 5.41) is 7.02. The molecule has 7 nitrogen and oxygen atoms in total. The summed E-state index contributed by atoms with van der Waals surface area (Å²) in [6.45, 7) is 7.24. The van der Waals surface area contributed by atoms with E-state index in [1.807, 2.05) is 49.9 Å². The Bertz CT molecular complexity index is 823. The van der Waals surface area contributed by atoms with Crippen LogP contribution in [0.4, 0.5) is 0 Å². The topological polar surface area (TPSA) is 88.3 Å². The van der Waals surface area contributed by atoms with Crippen LogP contribution in [0.2, 0.25) is 0 Å². The van der Waals surface area contributed by atoms with Crippen LogP contribution in [-0.2, 0) is 11.2 Å². The Hall–Kier alpha value is -2.70. The average molecular weight is 384 g/mol. The second-order valence-corrected chi connectivity index (χ2v) is 7.64. The summed E-state index contributed by atoms with van der Waals surface area (Å²) in [7, 11) is 0. The van der Waals surface area contributed by atoms with E-state index in [-0.39, 0.29) is 23.8 Å². The predicted molar refractivity (Wildman–Crippen MR) is 105 cm³/mol. The number of benzene rings is 1. The lowest BCUT2D eigenvalue weighted by Gasteiger charge is -2.32. The molecule has 0 spiro atoms. The van der Waals surface area contributed by atoms with E-state index >= 15 is 0 Å². The average Bonchev–Trinajstić information content (AvgIpc) is 3.16. The van der Waals surface area contributed by atoms with E-state index in [0.29, 0.717) is 43.2 Å². The Labute approximate surface area is 165 Å². The smallest absolute Gasteiger partial charge is 0.251 e. The van der Waals surface area contributed by atoms with Crippen LogP contribution >= 0.6 is 0 Å². The van der Waals surface area contributed by atoms with E-state index in [4.69, 9.17) is 4.52 Å². The molecule has 1 aliphatic rings. The molecule has 0 saturated carbocycles. The monoisotopic (exact) mass is 384 g/mol. The van der Waals surface area contributed by atoms with Crippen molar-refractivity contribution >= 4 is 11.8 Å². The van der Waals surface area contributed by atoms with Crippen molar-refractivity contribution in [2.24, 2.45) is 0 Å². The van der Waals surface area contributed by atoms with Gasteiger partial charge in [-0.2, -0.15) is 4.98 Å². The second-order valence-electron chi connectivity index (χ2n) is 7.64. The lowest BCUT2D eigenvalue weighted by Crippen LogP contribution is -2.46. The number of nitrogens with one attached hydrogen (secondary N) is 1. The van der Waals surface area contributed by atoms with E-state index < -0.39 is 0 Å². The van der Waals surface area contributed by atoms with Crippen LogP contribution in [-0.4, -0.2) is 46.0 Å². The van der Waals surface area contributed by atoms with Crippen LogP contribution in [0.3, 0.4) is 0 Å². The summed E-state index contributed by atoms with van der Waals surface area (Å²) in [5.74, 6) is 1.44. The number of likely N-dealkylation sites (tertiary alicyclic amines) is 1. The first-order chi connectivity index (χ1) is 13.4. The van der Waals surface area contributed by atoms with Gasteiger partial charge in [-0.25, -0.2) is 0 Å². The molecular weight excluding hydrogens is 356 g/mol. The Morgan fingerprint density at radius 3 is 2.61 bits per heavy atom. The normalized spacial score (nSPS) is 15.1. The lowest BCUT2D eigenvalue weighted by atomic mass is 10.0. The summed E-state index contributed by atoms with van der Waals surface area (Å²) >= 11 is 0. The molecule has 1 N–H and O–H groups in total. The van der Waals surface area contributed by atoms with E-state index in [2.05, 4.69) is 15.5 Å². The van der Waals surface area contributed by atoms with Crippen molar-refractivity contribution < 1.29 is 14.1 Å². The zero-order valence-corrected chi connectivity index (χ0v) is 16.8. The Balaban J connectivity index is 1.43. The molecule has 1 aromatic heterocycles. The highest BCUT2D eigenvalue weighted by atomic mass is 16.5. The maximum atomic E-state index is 12.5. The molecule has 2 aromatic rings. The number of nitrogens with zero attached hydrogens (tertiary/aromatic N) is 3. The molecular formula is C21H28N4O3. The highest BCUT2D eigenvalue weighted by Gasteiger charge is 2.24. The molecule has 1 fully saturated rings. The molecule has 1 saturated heterocycles. The number of hydrogen-bond donors (Lipinski definition) is 1. The maximum Gasteiger partial charge on any atom is 0.251 e. The van der Waals surface area contributed by atoms with Gasteiger partial charge in [-0.1, -0.05) is 37.2 Å². The molecule has 7 heteroatoms. The lowest BCUT2D eigenvalue weighted by molar-refractivity contribution is -0.132. The van der Waals surface area contributed by atoms with Crippen LogP contribution in [0.15, 0.2) is 28.8 Å². The third-order valence-electron chi connectivity index (χ3n) is 5.13. The number of aromatic nitrogens is 2. The van der Waals surface area contributed by atoms with Crippen molar-refractivity contribution in [3.05, 3.63) is 47.1 Å². The van der Waals surface area contributed by atoms with Crippen molar-refractivity contribution in [3.63, 3.8) is 0 Å². The summed E-state index contributed by atoms with van der Waals surface area (Å²) < 4.78 is 5.20. The molecule has 2 heterocycles. The minimum Gasteiger partial charge on any atom is -0.349 e. The van der Waals surface area contributed by atoms with Gasteiger partial charge < -0.3 is 14.7 Å². The molecule has 0 atom stereocenters. The molecule has 1 aromatic carbocycles. The molecule has 0 bridgehead atoms. The number of carbonyl (C=O) groups is 2. The minimum absolute atomic E-state index is 0.0415. The third kappa shape index (κ3) is 4.97. The zero-order valence-electron chi connectivity index (χ0n) is 16.8. The second kappa shape index (κ2) is 8.99. The van der Waals surface area contributed by atoms with Crippen LogP contribution in [0.5, 0.6) is 0 Å². The number of rotatable bonds is 6. The van der Waals surface area contributed by atoms with Crippen LogP contribution in [0, 0.1) is 6.92 Å². The third-order valence-corrected chi connectivity index (χ3v) is 5.13. The fourth-order valence-corrected chi connectivity index (χ4v) is 3.34. The van der Waals surface area contributed by atoms with Gasteiger partial charge in [0.15, 0.2) is 5.82 Å². The van der Waals surface area contributed by atoms with Gasteiger partial charge in [0.1, 0.15) is 0 Å². The highest BCUT2D eigenvalue weighted by Crippen LogP contribution is 2.15. The number of amides is 2. The van der Waals surface area contributed by atoms with Crippen LogP contribution < -0.4 is 5.32 Å². The first-order valence-corrected chi connectivity index (χ1v) is 9.90. The van der Waals surface area contributed by atoms with Gasteiger partial charge in [0.2, 0.25) is 11.8 Å². The predicted octanol–water partition coefficient (Wildman–Crippen LogP) is 2.86. The zero-order chi connectivity index (χ0) is 20.1. The van der Waals surface area contributed by atoms with Gasteiger partial charge in [0.25, 0.3) is 5.91 Å². The fraction of sp³-hybridized carbons (Fsp3) is 0.524. The van der Waals surface area contributed by atoms with Crippen molar-refractivity contribution in [2.75, 3.05) is 13.1 Å². The number of aryl methyl sites for hydroxylation is 2. The van der Waals surface area contributed by atoms with E-state index in [1.165, 1.54) is 0 Å². The maximum absolute atomic E-state index is 12.5. The van der Waals surface area contributed by atoms with Crippen molar-refractivity contribution in [2.45, 2.75) is 58.4 Å². The molecule has 0 radical (unpaired) electrons. The Morgan fingerprint density at radius 2 is 1.96 bits per heavy atom. The largest absolute Gasteiger partial charge is 0.349 e. The standard InChI is InChI=1S/C21H28N4O3/c1-14(2)20-23-18(28-24-20)8-9-19(26)25-12-10-16(11-13-25)22-21(27)17-7-5-4-6-15(17)3/h4-7,14,16H,8-13H2,1-3H3,(H,22,27). The first kappa shape index (κ1) is 20.0. The molecule has 150 valence electrons. The van der Waals surface area contributed by atoms with Gasteiger partial charge >= 0.3 is 0 Å². The minimum atomic E-state index is -0.0415. The fourth-order valence-electron chi connectivity index (χ4n) is 3.34. The van der Waals surface area contributed by atoms with Gasteiger partial charge in [-0.15, -0.1) is 0 Å². The van der Waals surface area contributed by atoms with Crippen LogP contribution in [0.1, 0.15) is 66.7 Å². The van der Waals surface area contributed by atoms with Crippen molar-refractivity contribution in [1.29, 1.82) is 0 Å². The molecule has 0 aliphatic carbocycles.